The predicted molar refractivity (Wildman–Crippen MR) is 164 cm³/mol. The highest BCUT2D eigenvalue weighted by Gasteiger charge is 2.35. The van der Waals surface area contributed by atoms with E-state index in [1.54, 1.807) is 63.6 Å². The van der Waals surface area contributed by atoms with Crippen LogP contribution >= 0.6 is 0 Å². The molecule has 1 N–H and O–H groups in total. The van der Waals surface area contributed by atoms with Gasteiger partial charge in [-0.2, -0.15) is 18.3 Å². The van der Waals surface area contributed by atoms with Crippen LogP contribution in [-0.2, 0) is 35.3 Å². The Morgan fingerprint density at radius 3 is 2.21 bits per heavy atom. The van der Waals surface area contributed by atoms with E-state index in [1.807, 2.05) is 6.92 Å². The molecule has 0 saturated carbocycles. The Bertz CT molecular complexity index is 1720. The van der Waals surface area contributed by atoms with Gasteiger partial charge in [0.15, 0.2) is 5.69 Å². The molecule has 3 aromatic rings. The number of rotatable bonds is 12. The summed E-state index contributed by atoms with van der Waals surface area (Å²) in [4.78, 5) is 28.7. The highest BCUT2D eigenvalue weighted by molar-refractivity contribution is 7.90. The Morgan fingerprint density at radius 1 is 1.06 bits per heavy atom. The van der Waals surface area contributed by atoms with E-state index >= 15 is 0 Å². The molecule has 0 aliphatic rings. The average Bonchev–Trinajstić information content (AvgIpc) is 3.45. The Morgan fingerprint density at radius 2 is 1.67 bits per heavy atom. The monoisotopic (exact) mass is 698 g/mol. The van der Waals surface area contributed by atoms with Gasteiger partial charge in [-0.25, -0.2) is 22.6 Å². The number of aryl methyl sites for hydroxylation is 1. The molecule has 0 saturated heterocycles. The van der Waals surface area contributed by atoms with E-state index in [4.69, 9.17) is 14.3 Å². The second-order valence-corrected chi connectivity index (χ2v) is 13.7. The molecule has 0 radical (unpaired) electrons. The zero-order valence-electron chi connectivity index (χ0n) is 27.3. The molecule has 18 heteroatoms. The van der Waals surface area contributed by atoms with Crippen molar-refractivity contribution in [2.24, 2.45) is 16.6 Å². The van der Waals surface area contributed by atoms with E-state index in [2.05, 4.69) is 10.4 Å². The van der Waals surface area contributed by atoms with Crippen LogP contribution in [-0.4, -0.2) is 66.7 Å². The number of halogens is 3. The molecule has 262 valence electrons. The highest BCUT2D eigenvalue weighted by Crippen LogP contribution is 2.33. The summed E-state index contributed by atoms with van der Waals surface area (Å²) in [5.41, 5.74) is -0.298. The number of amides is 1. The van der Waals surface area contributed by atoms with Crippen molar-refractivity contribution in [1.82, 2.24) is 19.5 Å². The number of benzene rings is 2. The van der Waals surface area contributed by atoms with Gasteiger partial charge in [0.2, 0.25) is 5.28 Å². The van der Waals surface area contributed by atoms with E-state index in [1.165, 1.54) is 19.2 Å². The van der Waals surface area contributed by atoms with E-state index in [0.29, 0.717) is 5.56 Å². The number of carbonyl (C=O) groups is 2. The second kappa shape index (κ2) is 14.9. The number of hydrogen-bond donors (Lipinski definition) is 1. The maximum Gasteiger partial charge on any atom is 0.435 e. The third-order valence-electron chi connectivity index (χ3n) is 6.84. The maximum absolute atomic E-state index is 13.5. The third-order valence-corrected chi connectivity index (χ3v) is 8.17. The molecule has 1 heterocycles. The first-order chi connectivity index (χ1) is 22.2. The summed E-state index contributed by atoms with van der Waals surface area (Å²) in [6.45, 7) is 9.10. The molecule has 0 fully saturated rings. The van der Waals surface area contributed by atoms with Gasteiger partial charge in [0, 0.05) is 5.56 Å². The molecule has 3 rings (SSSR count). The van der Waals surface area contributed by atoms with Crippen LogP contribution < -0.4 is 4.72 Å². The summed E-state index contributed by atoms with van der Waals surface area (Å²) >= 11 is 0. The summed E-state index contributed by atoms with van der Waals surface area (Å²) in [6, 6.07) is 11.5. The fourth-order valence-corrected chi connectivity index (χ4v) is 4.95. The Balaban J connectivity index is 1.68. The number of likely N-dealkylation sites (N-methyl/N-ethyl adjacent to an activating group) is 1. The molecule has 14 nitrogen and oxygen atoms in total. The standard InChI is InChI=1S/C30H37F3N6O8S/c1-19(2)25(37(7)39(42)36-47-18-46-27(40)29(4,5)6)17-45-28(41)35-48(43,44)23-14-12-22(13-15-23)38-24(16-26(34-38)30(31,32)33)21-10-8-20(3)9-11-21/h8-16,19,25H,17-18H2,1-7H3,(H,35,41)/b39-36-/t25-/m1/s1. The van der Waals surface area contributed by atoms with Crippen molar-refractivity contribution in [2.75, 3.05) is 20.4 Å². The number of nitrogens with zero attached hydrogens (tertiary/aromatic N) is 5. The van der Waals surface area contributed by atoms with Gasteiger partial charge < -0.3 is 19.5 Å². The number of carbonyl (C=O) groups excluding carboxylic acids is 2. The number of hydrogen-bond acceptors (Lipinski definition) is 10. The van der Waals surface area contributed by atoms with Crippen LogP contribution in [0.25, 0.3) is 16.9 Å². The van der Waals surface area contributed by atoms with Crippen molar-refractivity contribution < 1.29 is 50.5 Å². The first-order valence-corrected chi connectivity index (χ1v) is 15.9. The summed E-state index contributed by atoms with van der Waals surface area (Å²) in [5.74, 6) is -0.874. The number of esters is 1. The van der Waals surface area contributed by atoms with E-state index < -0.39 is 58.8 Å². The summed E-state index contributed by atoms with van der Waals surface area (Å²) in [7, 11) is -3.15. The molecule has 48 heavy (non-hydrogen) atoms. The highest BCUT2D eigenvalue weighted by atomic mass is 32.2. The SMILES string of the molecule is Cc1ccc(-c2cc(C(F)(F)F)nn2-c2ccc(S(=O)(=O)NC(=O)OC[C@H](C(C)C)N(C)/[N+]([O-])=N/OCOC(=O)C(C)(C)C)cc2)cc1. The van der Waals surface area contributed by atoms with Crippen molar-refractivity contribution in [2.45, 2.75) is 58.7 Å². The lowest BCUT2D eigenvalue weighted by atomic mass is 9.98. The van der Waals surface area contributed by atoms with Gasteiger partial charge >= 0.3 is 18.2 Å². The lowest BCUT2D eigenvalue weighted by molar-refractivity contribution is -0.715. The van der Waals surface area contributed by atoms with Gasteiger partial charge in [0.1, 0.15) is 12.6 Å². The Kier molecular flexibility index (Phi) is 11.7. The fraction of sp³-hybridized carbons (Fsp3) is 0.433. The van der Waals surface area contributed by atoms with Crippen molar-refractivity contribution in [1.29, 1.82) is 0 Å². The maximum atomic E-state index is 13.5. The molecule has 0 aliphatic heterocycles. The van der Waals surface area contributed by atoms with Crippen LogP contribution in [0.2, 0.25) is 0 Å². The molecule has 1 aromatic heterocycles. The number of alkyl halides is 3. The number of nitrogens with one attached hydrogen (secondary N) is 1. The minimum atomic E-state index is -4.72. The molecular formula is C30H37F3N6O8S. The molecule has 1 amide bonds. The van der Waals surface area contributed by atoms with E-state index in [0.717, 1.165) is 33.5 Å². The lowest BCUT2D eigenvalue weighted by Gasteiger charge is -2.26. The number of aromatic nitrogens is 2. The molecule has 2 aromatic carbocycles. The number of ether oxygens (including phenoxy) is 2. The van der Waals surface area contributed by atoms with Crippen LogP contribution in [0.3, 0.4) is 0 Å². The van der Waals surface area contributed by atoms with E-state index in [9.17, 15) is 36.4 Å². The van der Waals surface area contributed by atoms with Gasteiger partial charge in [0.05, 0.1) is 33.7 Å². The van der Waals surface area contributed by atoms with Gasteiger partial charge in [-0.05, 0) is 63.9 Å². The van der Waals surface area contributed by atoms with Crippen LogP contribution in [0.15, 0.2) is 64.8 Å². The number of sulfonamides is 1. The van der Waals surface area contributed by atoms with Crippen molar-refractivity contribution in [3.8, 4) is 16.9 Å². The smallest absolute Gasteiger partial charge is 0.435 e. The minimum absolute atomic E-state index is 0.0522. The molecule has 0 unspecified atom stereocenters. The Hall–Kier alpha value is -4.87. The molecule has 0 bridgehead atoms. The van der Waals surface area contributed by atoms with Crippen LogP contribution in [0, 0.1) is 23.5 Å². The van der Waals surface area contributed by atoms with Crippen molar-refractivity contribution >= 4 is 22.1 Å². The van der Waals surface area contributed by atoms with Crippen molar-refractivity contribution in [3.05, 3.63) is 71.1 Å². The zero-order chi connectivity index (χ0) is 36.0. The quantitative estimate of drug-likeness (QED) is 0.0629. The fourth-order valence-electron chi connectivity index (χ4n) is 4.06. The molecular weight excluding hydrogens is 661 g/mol. The Labute approximate surface area is 275 Å². The summed E-state index contributed by atoms with van der Waals surface area (Å²) in [6.07, 6.45) is -6.07. The third kappa shape index (κ3) is 9.82. The van der Waals surface area contributed by atoms with Crippen molar-refractivity contribution in [3.63, 3.8) is 0 Å². The zero-order valence-corrected chi connectivity index (χ0v) is 28.1. The van der Waals surface area contributed by atoms with Gasteiger partial charge in [0.25, 0.3) is 16.8 Å². The largest absolute Gasteiger partial charge is 0.569 e. The normalized spacial score (nSPS) is 13.2. The van der Waals surface area contributed by atoms with Gasteiger partial charge in [-0.15, -0.1) is 5.01 Å². The molecule has 0 spiro atoms. The summed E-state index contributed by atoms with van der Waals surface area (Å²) < 4.78 is 79.1. The van der Waals surface area contributed by atoms with Gasteiger partial charge in [-0.1, -0.05) is 43.7 Å². The topological polar surface area (TPSA) is 167 Å². The first-order valence-electron chi connectivity index (χ1n) is 14.4. The van der Waals surface area contributed by atoms with Gasteiger partial charge in [-0.3, -0.25) is 4.79 Å². The van der Waals surface area contributed by atoms with Crippen LogP contribution in [0.1, 0.15) is 45.9 Å². The second-order valence-electron chi connectivity index (χ2n) is 12.0. The van der Waals surface area contributed by atoms with Crippen LogP contribution in [0.4, 0.5) is 18.0 Å². The lowest BCUT2D eigenvalue weighted by Crippen LogP contribution is -2.45. The van der Waals surface area contributed by atoms with E-state index in [-0.39, 0.29) is 27.2 Å². The average molecular weight is 699 g/mol. The molecule has 0 aliphatic carbocycles. The number of hydrazine groups is 1. The first kappa shape index (κ1) is 37.6. The predicted octanol–water partition coefficient (Wildman–Crippen LogP) is 5.59. The minimum Gasteiger partial charge on any atom is -0.569 e. The van der Waals surface area contributed by atoms with Crippen LogP contribution in [0.5, 0.6) is 0 Å². The molecule has 1 atom stereocenters. The summed E-state index contributed by atoms with van der Waals surface area (Å²) in [5, 5.41) is 20.4.